The highest BCUT2D eigenvalue weighted by Crippen LogP contribution is 2.10. The lowest BCUT2D eigenvalue weighted by molar-refractivity contribution is 0.0339. The Kier molecular flexibility index (Phi) is 9.07. The van der Waals surface area contributed by atoms with Crippen molar-refractivity contribution in [1.29, 1.82) is 0 Å². The fourth-order valence-corrected chi connectivity index (χ4v) is 1.80. The van der Waals surface area contributed by atoms with Crippen LogP contribution in [-0.2, 0) is 9.47 Å². The third-order valence-electron chi connectivity index (χ3n) is 2.66. The Morgan fingerprint density at radius 1 is 1.20 bits per heavy atom. The number of carbonyl (C=O) groups excluding carboxylic acids is 1. The Bertz CT molecular complexity index is 381. The van der Waals surface area contributed by atoms with Gasteiger partial charge in [-0.25, -0.2) is 4.79 Å². The maximum absolute atomic E-state index is 11.7. The number of hydrogen-bond acceptors (Lipinski definition) is 4. The molecule has 4 nitrogen and oxygen atoms in total. The van der Waals surface area contributed by atoms with Crippen LogP contribution in [0.1, 0.15) is 30.1 Å². The van der Waals surface area contributed by atoms with Crippen molar-refractivity contribution in [3.63, 3.8) is 0 Å². The Balaban J connectivity index is 2.30. The van der Waals surface area contributed by atoms with Gasteiger partial charge in [-0.3, -0.25) is 0 Å². The second-order valence-electron chi connectivity index (χ2n) is 4.29. The van der Waals surface area contributed by atoms with Crippen LogP contribution in [0.25, 0.3) is 0 Å². The van der Waals surface area contributed by atoms with Crippen molar-refractivity contribution in [2.24, 2.45) is 0 Å². The van der Waals surface area contributed by atoms with E-state index in [1.54, 1.807) is 12.1 Å². The number of ether oxygens (including phenoxy) is 2. The minimum atomic E-state index is -0.312. The van der Waals surface area contributed by atoms with Crippen LogP contribution in [0.15, 0.2) is 24.3 Å². The monoisotopic (exact) mass is 343 g/mol. The Morgan fingerprint density at radius 3 is 2.60 bits per heavy atom. The van der Waals surface area contributed by atoms with E-state index in [0.29, 0.717) is 18.8 Å². The minimum Gasteiger partial charge on any atom is -0.460 e. The molecule has 20 heavy (non-hydrogen) atoms. The maximum atomic E-state index is 11.7. The van der Waals surface area contributed by atoms with Gasteiger partial charge in [0.1, 0.15) is 6.61 Å². The molecule has 0 saturated carbocycles. The van der Waals surface area contributed by atoms with Crippen LogP contribution in [0.3, 0.4) is 0 Å². The largest absolute Gasteiger partial charge is 0.460 e. The molecule has 5 heteroatoms. The molecule has 0 aliphatic rings. The van der Waals surface area contributed by atoms with Crippen molar-refractivity contribution >= 4 is 27.6 Å². The highest BCUT2D eigenvalue weighted by atomic mass is 79.9. The van der Waals surface area contributed by atoms with Gasteiger partial charge >= 0.3 is 5.97 Å². The number of hydrogen-bond donors (Lipinski definition) is 1. The molecule has 0 fully saturated rings. The number of anilines is 1. The van der Waals surface area contributed by atoms with E-state index in [9.17, 15) is 4.79 Å². The molecule has 0 amide bonds. The summed E-state index contributed by atoms with van der Waals surface area (Å²) in [5, 5.41) is 4.09. The van der Waals surface area contributed by atoms with Gasteiger partial charge < -0.3 is 14.8 Å². The summed E-state index contributed by atoms with van der Waals surface area (Å²) in [5.74, 6) is -0.312. The van der Waals surface area contributed by atoms with E-state index in [1.165, 1.54) is 0 Å². The number of esters is 1. The summed E-state index contributed by atoms with van der Waals surface area (Å²) < 4.78 is 10.3. The van der Waals surface area contributed by atoms with Gasteiger partial charge in [0.25, 0.3) is 0 Å². The van der Waals surface area contributed by atoms with Gasteiger partial charge in [-0.05, 0) is 30.7 Å². The normalized spacial score (nSPS) is 10.3. The zero-order valence-corrected chi connectivity index (χ0v) is 13.4. The quantitative estimate of drug-likeness (QED) is 0.401. The van der Waals surface area contributed by atoms with Crippen LogP contribution in [0.5, 0.6) is 0 Å². The molecular formula is C15H22BrNO3. The summed E-state index contributed by atoms with van der Waals surface area (Å²) in [6.07, 6.45) is 2.30. The predicted molar refractivity (Wildman–Crippen MR) is 84.7 cm³/mol. The van der Waals surface area contributed by atoms with E-state index in [2.05, 4.69) is 28.2 Å². The topological polar surface area (TPSA) is 47.6 Å². The van der Waals surface area contributed by atoms with Gasteiger partial charge in [-0.15, -0.1) is 0 Å². The Morgan fingerprint density at radius 2 is 1.95 bits per heavy atom. The lowest BCUT2D eigenvalue weighted by Crippen LogP contribution is -2.11. The number of nitrogens with one attached hydrogen (secondary N) is 1. The Hall–Kier alpha value is -1.07. The van der Waals surface area contributed by atoms with E-state index >= 15 is 0 Å². The summed E-state index contributed by atoms with van der Waals surface area (Å²) in [5.41, 5.74) is 1.59. The van der Waals surface area contributed by atoms with Gasteiger partial charge in [-0.1, -0.05) is 29.3 Å². The number of rotatable bonds is 10. The Labute approximate surface area is 129 Å². The predicted octanol–water partition coefficient (Wildman–Crippen LogP) is 3.47. The molecule has 0 spiro atoms. The van der Waals surface area contributed by atoms with Crippen molar-refractivity contribution < 1.29 is 14.3 Å². The second-order valence-corrected chi connectivity index (χ2v) is 5.09. The third kappa shape index (κ3) is 6.91. The molecule has 0 aromatic heterocycles. The molecule has 0 atom stereocenters. The SMILES string of the molecule is CCCCNc1ccc(C(=O)OCCOCCBr)cc1. The van der Waals surface area contributed by atoms with E-state index in [-0.39, 0.29) is 12.6 Å². The molecule has 0 aliphatic heterocycles. The summed E-state index contributed by atoms with van der Waals surface area (Å²) >= 11 is 3.26. The highest BCUT2D eigenvalue weighted by Gasteiger charge is 2.06. The van der Waals surface area contributed by atoms with Crippen LogP contribution in [-0.4, -0.2) is 37.7 Å². The molecule has 0 heterocycles. The van der Waals surface area contributed by atoms with Crippen molar-refractivity contribution in [3.8, 4) is 0 Å². The first kappa shape index (κ1) is 17.0. The molecule has 1 aromatic rings. The minimum absolute atomic E-state index is 0.280. The molecule has 0 aliphatic carbocycles. The van der Waals surface area contributed by atoms with Crippen molar-refractivity contribution in [2.45, 2.75) is 19.8 Å². The fraction of sp³-hybridized carbons (Fsp3) is 0.533. The second kappa shape index (κ2) is 10.7. The van der Waals surface area contributed by atoms with Gasteiger partial charge in [0.15, 0.2) is 0 Å². The van der Waals surface area contributed by atoms with Gasteiger partial charge in [0.05, 0.1) is 18.8 Å². The molecule has 1 aromatic carbocycles. The maximum Gasteiger partial charge on any atom is 0.338 e. The molecule has 0 radical (unpaired) electrons. The third-order valence-corrected chi connectivity index (χ3v) is 2.99. The van der Waals surface area contributed by atoms with E-state index in [0.717, 1.165) is 30.4 Å². The molecule has 1 rings (SSSR count). The number of benzene rings is 1. The van der Waals surface area contributed by atoms with Crippen molar-refractivity contribution in [3.05, 3.63) is 29.8 Å². The van der Waals surface area contributed by atoms with Crippen LogP contribution < -0.4 is 5.32 Å². The van der Waals surface area contributed by atoms with Crippen LogP contribution >= 0.6 is 15.9 Å². The van der Waals surface area contributed by atoms with E-state index in [4.69, 9.17) is 9.47 Å². The summed E-state index contributed by atoms with van der Waals surface area (Å²) in [6.45, 7) is 4.43. The van der Waals surface area contributed by atoms with Crippen molar-refractivity contribution in [2.75, 3.05) is 37.0 Å². The zero-order valence-electron chi connectivity index (χ0n) is 11.9. The molecule has 0 bridgehead atoms. The summed E-state index contributed by atoms with van der Waals surface area (Å²) in [6, 6.07) is 7.34. The van der Waals surface area contributed by atoms with Gasteiger partial charge in [0.2, 0.25) is 0 Å². The van der Waals surface area contributed by atoms with E-state index < -0.39 is 0 Å². The first-order valence-electron chi connectivity index (χ1n) is 6.92. The standard InChI is InChI=1S/C15H22BrNO3/c1-2-3-9-17-14-6-4-13(5-7-14)15(18)20-12-11-19-10-8-16/h4-7,17H,2-3,8-12H2,1H3. The summed E-state index contributed by atoms with van der Waals surface area (Å²) in [4.78, 5) is 11.7. The highest BCUT2D eigenvalue weighted by molar-refractivity contribution is 9.09. The number of unbranched alkanes of at least 4 members (excludes halogenated alkanes) is 1. The number of alkyl halides is 1. The lowest BCUT2D eigenvalue weighted by atomic mass is 10.2. The van der Waals surface area contributed by atoms with Crippen LogP contribution in [0.4, 0.5) is 5.69 Å². The smallest absolute Gasteiger partial charge is 0.338 e. The van der Waals surface area contributed by atoms with Crippen LogP contribution in [0, 0.1) is 0 Å². The van der Waals surface area contributed by atoms with Gasteiger partial charge in [0, 0.05) is 17.6 Å². The molecule has 0 unspecified atom stereocenters. The number of halogens is 1. The zero-order chi connectivity index (χ0) is 14.6. The average molecular weight is 344 g/mol. The molecule has 112 valence electrons. The van der Waals surface area contributed by atoms with E-state index in [1.807, 2.05) is 12.1 Å². The summed E-state index contributed by atoms with van der Waals surface area (Å²) in [7, 11) is 0. The van der Waals surface area contributed by atoms with Crippen LogP contribution in [0.2, 0.25) is 0 Å². The first-order chi connectivity index (χ1) is 9.77. The molecule has 0 saturated heterocycles. The number of carbonyl (C=O) groups is 1. The lowest BCUT2D eigenvalue weighted by Gasteiger charge is -2.07. The van der Waals surface area contributed by atoms with Crippen molar-refractivity contribution in [1.82, 2.24) is 0 Å². The molecular weight excluding hydrogens is 322 g/mol. The first-order valence-corrected chi connectivity index (χ1v) is 8.05. The fourth-order valence-electron chi connectivity index (χ4n) is 1.57. The molecule has 1 N–H and O–H groups in total. The average Bonchev–Trinajstić information content (AvgIpc) is 2.48. The van der Waals surface area contributed by atoms with Gasteiger partial charge in [-0.2, -0.15) is 0 Å².